The molecule has 0 amide bonds. The molecule has 0 bridgehead atoms. The Morgan fingerprint density at radius 3 is 2.47 bits per heavy atom. The third kappa shape index (κ3) is 2.07. The fourth-order valence-electron chi connectivity index (χ4n) is 2.14. The van der Waals surface area contributed by atoms with E-state index in [1.807, 2.05) is 50.6 Å². The Hall–Kier alpha value is -2.30. The van der Waals surface area contributed by atoms with E-state index in [1.54, 1.807) is 0 Å². The lowest BCUT2D eigenvalue weighted by Gasteiger charge is -2.13. The number of hydrogen-bond acceptors (Lipinski definition) is 3. The summed E-state index contributed by atoms with van der Waals surface area (Å²) < 4.78 is 1.85. The Morgan fingerprint density at radius 2 is 1.95 bits per heavy atom. The normalized spacial score (nSPS) is 11.9. The van der Waals surface area contributed by atoms with Crippen LogP contribution in [0.15, 0.2) is 23.4 Å². The summed E-state index contributed by atoms with van der Waals surface area (Å²) in [7, 11) is 0. The van der Waals surface area contributed by atoms with Crippen molar-refractivity contribution >= 4 is 5.84 Å². The van der Waals surface area contributed by atoms with Gasteiger partial charge in [0, 0.05) is 11.3 Å². The van der Waals surface area contributed by atoms with Crippen LogP contribution in [-0.4, -0.2) is 20.8 Å². The standard InChI is InChI=1S/C14H18N4O/c1-8-6-5-7-12(14(15)17-19)13(8)18-11(4)9(2)10(3)16-18/h5-7,19H,1-4H3,(H2,15,17). The van der Waals surface area contributed by atoms with Gasteiger partial charge < -0.3 is 10.9 Å². The van der Waals surface area contributed by atoms with Gasteiger partial charge in [0.15, 0.2) is 5.84 Å². The number of amidine groups is 1. The van der Waals surface area contributed by atoms with E-state index < -0.39 is 0 Å². The summed E-state index contributed by atoms with van der Waals surface area (Å²) in [6, 6.07) is 5.68. The average molecular weight is 258 g/mol. The van der Waals surface area contributed by atoms with Gasteiger partial charge in [-0.1, -0.05) is 17.3 Å². The third-order valence-electron chi connectivity index (χ3n) is 3.49. The molecule has 19 heavy (non-hydrogen) atoms. The monoisotopic (exact) mass is 258 g/mol. The first-order valence-corrected chi connectivity index (χ1v) is 6.08. The van der Waals surface area contributed by atoms with E-state index in [0.29, 0.717) is 5.56 Å². The number of rotatable bonds is 2. The zero-order chi connectivity index (χ0) is 14.2. The van der Waals surface area contributed by atoms with Crippen molar-refractivity contribution < 1.29 is 5.21 Å². The number of oxime groups is 1. The van der Waals surface area contributed by atoms with Crippen LogP contribution in [0, 0.1) is 27.7 Å². The van der Waals surface area contributed by atoms with E-state index in [9.17, 15) is 0 Å². The van der Waals surface area contributed by atoms with Gasteiger partial charge in [0.1, 0.15) is 0 Å². The van der Waals surface area contributed by atoms with Crippen molar-refractivity contribution in [2.75, 3.05) is 0 Å². The van der Waals surface area contributed by atoms with Gasteiger partial charge in [-0.25, -0.2) is 4.68 Å². The van der Waals surface area contributed by atoms with E-state index in [-0.39, 0.29) is 5.84 Å². The van der Waals surface area contributed by atoms with Crippen molar-refractivity contribution in [3.8, 4) is 5.69 Å². The molecular formula is C14H18N4O. The minimum atomic E-state index is 0.0870. The maximum atomic E-state index is 8.91. The molecule has 0 radical (unpaired) electrons. The van der Waals surface area contributed by atoms with Crippen LogP contribution < -0.4 is 5.73 Å². The number of nitrogens with zero attached hydrogens (tertiary/aromatic N) is 3. The molecule has 1 aromatic heterocycles. The first-order chi connectivity index (χ1) is 8.97. The fourth-order valence-corrected chi connectivity index (χ4v) is 2.14. The second-order valence-corrected chi connectivity index (χ2v) is 4.66. The molecule has 0 aliphatic rings. The molecule has 0 aliphatic carbocycles. The molecule has 0 spiro atoms. The minimum absolute atomic E-state index is 0.0870. The lowest BCUT2D eigenvalue weighted by Crippen LogP contribution is -2.18. The molecule has 5 nitrogen and oxygen atoms in total. The van der Waals surface area contributed by atoms with Crippen LogP contribution in [0.3, 0.4) is 0 Å². The summed E-state index contributed by atoms with van der Waals surface area (Å²) in [5, 5.41) is 16.6. The predicted molar refractivity (Wildman–Crippen MR) is 75.0 cm³/mol. The molecule has 0 atom stereocenters. The van der Waals surface area contributed by atoms with Gasteiger partial charge >= 0.3 is 0 Å². The van der Waals surface area contributed by atoms with Crippen LogP contribution >= 0.6 is 0 Å². The number of para-hydroxylation sites is 1. The van der Waals surface area contributed by atoms with Crippen LogP contribution in [-0.2, 0) is 0 Å². The van der Waals surface area contributed by atoms with Gasteiger partial charge in [0.25, 0.3) is 0 Å². The molecule has 3 N–H and O–H groups in total. The predicted octanol–water partition coefficient (Wildman–Crippen LogP) is 2.20. The van der Waals surface area contributed by atoms with Crippen molar-refractivity contribution in [3.63, 3.8) is 0 Å². The van der Waals surface area contributed by atoms with Crippen LogP contribution in [0.25, 0.3) is 5.69 Å². The molecule has 0 unspecified atom stereocenters. The van der Waals surface area contributed by atoms with Gasteiger partial charge in [0.2, 0.25) is 0 Å². The SMILES string of the molecule is Cc1cccc(/C(N)=N/O)c1-n1nc(C)c(C)c1C. The van der Waals surface area contributed by atoms with E-state index in [1.165, 1.54) is 0 Å². The maximum absolute atomic E-state index is 8.91. The number of hydrogen-bond donors (Lipinski definition) is 2. The molecule has 0 saturated heterocycles. The quantitative estimate of drug-likeness (QED) is 0.375. The summed E-state index contributed by atoms with van der Waals surface area (Å²) in [6.07, 6.45) is 0. The Labute approximate surface area is 112 Å². The summed E-state index contributed by atoms with van der Waals surface area (Å²) in [6.45, 7) is 8.00. The van der Waals surface area contributed by atoms with Crippen LogP contribution in [0.1, 0.15) is 28.1 Å². The van der Waals surface area contributed by atoms with E-state index >= 15 is 0 Å². The number of benzene rings is 1. The highest BCUT2D eigenvalue weighted by Crippen LogP contribution is 2.23. The largest absolute Gasteiger partial charge is 0.409 e. The van der Waals surface area contributed by atoms with Crippen molar-refractivity contribution in [1.82, 2.24) is 9.78 Å². The Morgan fingerprint density at radius 1 is 1.26 bits per heavy atom. The fraction of sp³-hybridized carbons (Fsp3) is 0.286. The van der Waals surface area contributed by atoms with E-state index in [2.05, 4.69) is 10.3 Å². The van der Waals surface area contributed by atoms with Gasteiger partial charge in [-0.15, -0.1) is 0 Å². The molecule has 0 saturated carbocycles. The lowest BCUT2D eigenvalue weighted by molar-refractivity contribution is 0.318. The van der Waals surface area contributed by atoms with Crippen LogP contribution in [0.4, 0.5) is 0 Å². The highest BCUT2D eigenvalue weighted by Gasteiger charge is 2.16. The highest BCUT2D eigenvalue weighted by atomic mass is 16.4. The Kier molecular flexibility index (Phi) is 3.29. The molecule has 1 aromatic carbocycles. The summed E-state index contributed by atoms with van der Waals surface area (Å²) in [5.41, 5.74) is 11.5. The molecule has 0 fully saturated rings. The molecule has 5 heteroatoms. The van der Waals surface area contributed by atoms with Crippen molar-refractivity contribution in [1.29, 1.82) is 0 Å². The molecule has 1 heterocycles. The zero-order valence-electron chi connectivity index (χ0n) is 11.6. The molecule has 2 rings (SSSR count). The average Bonchev–Trinajstić information content (AvgIpc) is 2.65. The van der Waals surface area contributed by atoms with Gasteiger partial charge in [-0.3, -0.25) is 0 Å². The lowest BCUT2D eigenvalue weighted by atomic mass is 10.1. The molecule has 100 valence electrons. The summed E-state index contributed by atoms with van der Waals surface area (Å²) >= 11 is 0. The van der Waals surface area contributed by atoms with Crippen LogP contribution in [0.5, 0.6) is 0 Å². The minimum Gasteiger partial charge on any atom is -0.409 e. The molecule has 2 aromatic rings. The Balaban J connectivity index is 2.78. The second-order valence-electron chi connectivity index (χ2n) is 4.66. The summed E-state index contributed by atoms with van der Waals surface area (Å²) in [4.78, 5) is 0. The van der Waals surface area contributed by atoms with Crippen molar-refractivity contribution in [3.05, 3.63) is 46.3 Å². The maximum Gasteiger partial charge on any atom is 0.172 e. The summed E-state index contributed by atoms with van der Waals surface area (Å²) in [5.74, 6) is 0.0870. The van der Waals surface area contributed by atoms with Gasteiger partial charge in [0.05, 0.1) is 11.4 Å². The van der Waals surface area contributed by atoms with Crippen molar-refractivity contribution in [2.24, 2.45) is 10.9 Å². The number of nitrogens with two attached hydrogens (primary N) is 1. The smallest absolute Gasteiger partial charge is 0.172 e. The van der Waals surface area contributed by atoms with Crippen LogP contribution in [0.2, 0.25) is 0 Å². The van der Waals surface area contributed by atoms with E-state index in [0.717, 1.165) is 28.2 Å². The third-order valence-corrected chi connectivity index (χ3v) is 3.49. The number of aromatic nitrogens is 2. The molecule has 0 aliphatic heterocycles. The van der Waals surface area contributed by atoms with Gasteiger partial charge in [-0.2, -0.15) is 5.10 Å². The second kappa shape index (κ2) is 4.76. The highest BCUT2D eigenvalue weighted by molar-refractivity contribution is 6.00. The molecular weight excluding hydrogens is 240 g/mol. The van der Waals surface area contributed by atoms with E-state index in [4.69, 9.17) is 10.9 Å². The topological polar surface area (TPSA) is 76.4 Å². The first-order valence-electron chi connectivity index (χ1n) is 6.08. The zero-order valence-corrected chi connectivity index (χ0v) is 11.6. The Bertz CT molecular complexity index is 656. The first kappa shape index (κ1) is 13.1. The number of aryl methyl sites for hydroxylation is 2. The van der Waals surface area contributed by atoms with Gasteiger partial charge in [-0.05, 0) is 44.9 Å². The van der Waals surface area contributed by atoms with Crippen molar-refractivity contribution in [2.45, 2.75) is 27.7 Å².